The van der Waals surface area contributed by atoms with Gasteiger partial charge < -0.3 is 15.4 Å². The second-order valence-corrected chi connectivity index (χ2v) is 7.00. The van der Waals surface area contributed by atoms with Crippen LogP contribution in [0.2, 0.25) is 10.0 Å². The van der Waals surface area contributed by atoms with E-state index in [1.165, 1.54) is 13.0 Å². The highest BCUT2D eigenvalue weighted by molar-refractivity contribution is 6.34. The summed E-state index contributed by atoms with van der Waals surface area (Å²) in [5.74, 6) is 0.0350. The summed E-state index contributed by atoms with van der Waals surface area (Å²) in [7, 11) is 0. The third kappa shape index (κ3) is 5.09. The second kappa shape index (κ2) is 9.31. The summed E-state index contributed by atoms with van der Waals surface area (Å²) in [5.41, 5.74) is 1.45. The zero-order valence-electron chi connectivity index (χ0n) is 15.7. The molecule has 0 aliphatic heterocycles. The number of rotatable bonds is 5. The van der Waals surface area contributed by atoms with Gasteiger partial charge in [-0.3, -0.25) is 9.59 Å². The van der Waals surface area contributed by atoms with E-state index in [0.717, 1.165) is 0 Å². The summed E-state index contributed by atoms with van der Waals surface area (Å²) >= 11 is 12.2. The van der Waals surface area contributed by atoms with Crippen LogP contribution in [-0.2, 0) is 4.79 Å². The Morgan fingerprint density at radius 2 is 1.73 bits per heavy atom. The van der Waals surface area contributed by atoms with Crippen LogP contribution in [0, 0.1) is 11.3 Å². The molecule has 2 amide bonds. The SMILES string of the molecule is CC(=O)Nc1ccc(NC(=O)c2cccc(Oc3cccc(Cl)c3C#N)c2)c(Cl)c1. The van der Waals surface area contributed by atoms with Crippen molar-refractivity contribution in [2.45, 2.75) is 6.92 Å². The van der Waals surface area contributed by atoms with Gasteiger partial charge in [-0.05, 0) is 48.5 Å². The van der Waals surface area contributed by atoms with Crippen molar-refractivity contribution in [1.82, 2.24) is 0 Å². The van der Waals surface area contributed by atoms with Crippen LogP contribution in [0.15, 0.2) is 60.7 Å². The van der Waals surface area contributed by atoms with Crippen molar-refractivity contribution in [3.05, 3.63) is 81.8 Å². The topological polar surface area (TPSA) is 91.2 Å². The molecule has 0 fully saturated rings. The first-order valence-electron chi connectivity index (χ1n) is 8.72. The molecule has 0 aliphatic rings. The third-order valence-electron chi connectivity index (χ3n) is 3.95. The fraction of sp³-hybridized carbons (Fsp3) is 0.0455. The molecule has 6 nitrogen and oxygen atoms in total. The van der Waals surface area contributed by atoms with Crippen LogP contribution in [0.25, 0.3) is 0 Å². The van der Waals surface area contributed by atoms with Crippen molar-refractivity contribution >= 4 is 46.4 Å². The molecule has 0 unspecified atom stereocenters. The minimum absolute atomic E-state index is 0.208. The Morgan fingerprint density at radius 3 is 2.43 bits per heavy atom. The van der Waals surface area contributed by atoms with Gasteiger partial charge in [-0.15, -0.1) is 0 Å². The quantitative estimate of drug-likeness (QED) is 0.519. The van der Waals surface area contributed by atoms with E-state index in [2.05, 4.69) is 10.6 Å². The van der Waals surface area contributed by atoms with E-state index >= 15 is 0 Å². The average molecular weight is 440 g/mol. The molecule has 0 saturated carbocycles. The third-order valence-corrected chi connectivity index (χ3v) is 4.58. The minimum Gasteiger partial charge on any atom is -0.456 e. The Morgan fingerprint density at radius 1 is 0.967 bits per heavy atom. The molecule has 0 saturated heterocycles. The van der Waals surface area contributed by atoms with Gasteiger partial charge in [-0.25, -0.2) is 0 Å². The molecule has 0 bridgehead atoms. The number of nitriles is 1. The molecule has 2 N–H and O–H groups in total. The molecule has 150 valence electrons. The zero-order chi connectivity index (χ0) is 21.7. The maximum atomic E-state index is 12.6. The first-order chi connectivity index (χ1) is 14.4. The highest BCUT2D eigenvalue weighted by atomic mass is 35.5. The van der Waals surface area contributed by atoms with Crippen molar-refractivity contribution in [3.8, 4) is 17.6 Å². The fourth-order valence-electron chi connectivity index (χ4n) is 2.62. The molecule has 3 aromatic carbocycles. The summed E-state index contributed by atoms with van der Waals surface area (Å²) in [6, 6.07) is 18.1. The summed E-state index contributed by atoms with van der Waals surface area (Å²) in [6.45, 7) is 1.39. The average Bonchev–Trinajstić information content (AvgIpc) is 2.70. The molecule has 3 rings (SSSR count). The predicted molar refractivity (Wildman–Crippen MR) is 116 cm³/mol. The van der Waals surface area contributed by atoms with E-state index in [4.69, 9.17) is 27.9 Å². The number of halogens is 2. The van der Waals surface area contributed by atoms with Gasteiger partial charge in [0.05, 0.1) is 15.7 Å². The normalized spacial score (nSPS) is 10.1. The van der Waals surface area contributed by atoms with Gasteiger partial charge in [-0.1, -0.05) is 35.3 Å². The monoisotopic (exact) mass is 439 g/mol. The van der Waals surface area contributed by atoms with E-state index < -0.39 is 5.91 Å². The Labute approximate surface area is 183 Å². The van der Waals surface area contributed by atoms with E-state index in [9.17, 15) is 14.9 Å². The van der Waals surface area contributed by atoms with Gasteiger partial charge in [0.15, 0.2) is 0 Å². The van der Waals surface area contributed by atoms with Crippen molar-refractivity contribution in [2.24, 2.45) is 0 Å². The minimum atomic E-state index is -0.402. The number of carbonyl (C=O) groups is 2. The molecular weight excluding hydrogens is 425 g/mol. The fourth-order valence-corrected chi connectivity index (χ4v) is 3.05. The second-order valence-electron chi connectivity index (χ2n) is 6.18. The molecule has 0 atom stereocenters. The van der Waals surface area contributed by atoms with Crippen LogP contribution in [0.1, 0.15) is 22.8 Å². The lowest BCUT2D eigenvalue weighted by Crippen LogP contribution is -2.12. The van der Waals surface area contributed by atoms with Crippen molar-refractivity contribution < 1.29 is 14.3 Å². The number of carbonyl (C=O) groups excluding carboxylic acids is 2. The Balaban J connectivity index is 1.78. The molecule has 0 spiro atoms. The standard InChI is InChI=1S/C22H15Cl2N3O3/c1-13(28)26-15-8-9-20(19(24)11-15)27-22(29)14-4-2-5-16(10-14)30-21-7-3-6-18(23)17(21)12-25/h2-11H,1H3,(H,26,28)(H,27,29). The van der Waals surface area contributed by atoms with Crippen LogP contribution in [0.4, 0.5) is 11.4 Å². The first kappa shape index (κ1) is 21.2. The molecule has 0 radical (unpaired) electrons. The van der Waals surface area contributed by atoms with E-state index in [1.54, 1.807) is 54.6 Å². The lowest BCUT2D eigenvalue weighted by molar-refractivity contribution is -0.114. The highest BCUT2D eigenvalue weighted by Gasteiger charge is 2.13. The van der Waals surface area contributed by atoms with Crippen LogP contribution >= 0.6 is 23.2 Å². The summed E-state index contributed by atoms with van der Waals surface area (Å²) in [6.07, 6.45) is 0. The van der Waals surface area contributed by atoms with E-state index in [1.807, 2.05) is 6.07 Å². The predicted octanol–water partition coefficient (Wildman–Crippen LogP) is 5.87. The van der Waals surface area contributed by atoms with Gasteiger partial charge in [0, 0.05) is 18.2 Å². The summed E-state index contributed by atoms with van der Waals surface area (Å²) in [5, 5.41) is 15.2. The number of benzene rings is 3. The van der Waals surface area contributed by atoms with Crippen LogP contribution in [0.5, 0.6) is 11.5 Å². The van der Waals surface area contributed by atoms with E-state index in [-0.39, 0.29) is 21.5 Å². The van der Waals surface area contributed by atoms with Crippen LogP contribution < -0.4 is 15.4 Å². The first-order valence-corrected chi connectivity index (χ1v) is 9.48. The maximum absolute atomic E-state index is 12.6. The molecule has 30 heavy (non-hydrogen) atoms. The number of anilines is 2. The number of nitrogens with one attached hydrogen (secondary N) is 2. The molecule has 0 aromatic heterocycles. The van der Waals surface area contributed by atoms with Gasteiger partial charge in [0.2, 0.25) is 5.91 Å². The number of hydrogen-bond acceptors (Lipinski definition) is 4. The van der Waals surface area contributed by atoms with Gasteiger partial charge in [0.25, 0.3) is 5.91 Å². The van der Waals surface area contributed by atoms with Crippen molar-refractivity contribution in [2.75, 3.05) is 10.6 Å². The van der Waals surface area contributed by atoms with Crippen LogP contribution in [0.3, 0.4) is 0 Å². The van der Waals surface area contributed by atoms with Gasteiger partial charge >= 0.3 is 0 Å². The highest BCUT2D eigenvalue weighted by Crippen LogP contribution is 2.30. The Hall–Kier alpha value is -3.53. The lowest BCUT2D eigenvalue weighted by atomic mass is 10.2. The number of ether oxygens (including phenoxy) is 1. The molecular formula is C22H15Cl2N3O3. The Kier molecular flexibility index (Phi) is 6.58. The molecule has 0 aliphatic carbocycles. The van der Waals surface area contributed by atoms with Gasteiger partial charge in [-0.2, -0.15) is 5.26 Å². The zero-order valence-corrected chi connectivity index (χ0v) is 17.2. The number of hydrogen-bond donors (Lipinski definition) is 2. The molecule has 0 heterocycles. The number of amides is 2. The largest absolute Gasteiger partial charge is 0.456 e. The Bertz CT molecular complexity index is 1170. The lowest BCUT2D eigenvalue weighted by Gasteiger charge is -2.11. The van der Waals surface area contributed by atoms with Crippen molar-refractivity contribution in [1.29, 1.82) is 5.26 Å². The molecule has 3 aromatic rings. The van der Waals surface area contributed by atoms with Crippen LogP contribution in [-0.4, -0.2) is 11.8 Å². The van der Waals surface area contributed by atoms with E-state index in [0.29, 0.717) is 28.4 Å². The summed E-state index contributed by atoms with van der Waals surface area (Å²) < 4.78 is 5.75. The molecule has 8 heteroatoms. The summed E-state index contributed by atoms with van der Waals surface area (Å²) in [4.78, 5) is 23.8. The maximum Gasteiger partial charge on any atom is 0.255 e. The number of nitrogens with zero attached hydrogens (tertiary/aromatic N) is 1. The van der Waals surface area contributed by atoms with Crippen molar-refractivity contribution in [3.63, 3.8) is 0 Å². The van der Waals surface area contributed by atoms with Gasteiger partial charge in [0.1, 0.15) is 23.1 Å². The smallest absolute Gasteiger partial charge is 0.255 e.